The molecule has 36 heavy (non-hydrogen) atoms. The van der Waals surface area contributed by atoms with Gasteiger partial charge in [-0.2, -0.15) is 5.10 Å². The van der Waals surface area contributed by atoms with E-state index in [1.165, 1.54) is 6.07 Å². The van der Waals surface area contributed by atoms with Crippen LogP contribution in [-0.2, 0) is 4.74 Å². The number of aromatic amines is 1. The molecular formula is C26H26FN5O4. The van der Waals surface area contributed by atoms with Crippen LogP contribution in [0.5, 0.6) is 5.75 Å². The fourth-order valence-electron chi connectivity index (χ4n) is 5.06. The maximum absolute atomic E-state index is 14.6. The summed E-state index contributed by atoms with van der Waals surface area (Å²) in [5.41, 5.74) is 3.13. The van der Waals surface area contributed by atoms with Crippen molar-refractivity contribution in [3.63, 3.8) is 0 Å². The van der Waals surface area contributed by atoms with Crippen molar-refractivity contribution >= 4 is 16.8 Å². The van der Waals surface area contributed by atoms with Gasteiger partial charge in [-0.05, 0) is 30.0 Å². The molecule has 0 spiro atoms. The van der Waals surface area contributed by atoms with E-state index in [9.17, 15) is 9.18 Å². The fraction of sp³-hybridized carbons (Fsp3) is 0.346. The molecule has 9 nitrogen and oxygen atoms in total. The first-order valence-corrected chi connectivity index (χ1v) is 12.0. The second kappa shape index (κ2) is 9.36. The molecule has 0 unspecified atom stereocenters. The van der Waals surface area contributed by atoms with Gasteiger partial charge in [0.15, 0.2) is 17.3 Å². The minimum atomic E-state index is -0.501. The van der Waals surface area contributed by atoms with E-state index in [2.05, 4.69) is 20.7 Å². The molecule has 2 aromatic heterocycles. The van der Waals surface area contributed by atoms with E-state index < -0.39 is 5.82 Å². The third-order valence-corrected chi connectivity index (χ3v) is 7.01. The van der Waals surface area contributed by atoms with Gasteiger partial charge in [0.25, 0.3) is 5.91 Å². The van der Waals surface area contributed by atoms with E-state index in [1.807, 2.05) is 29.2 Å². The van der Waals surface area contributed by atoms with Crippen LogP contribution in [0.25, 0.3) is 33.6 Å². The van der Waals surface area contributed by atoms with Crippen molar-refractivity contribution in [2.24, 2.45) is 11.8 Å². The lowest BCUT2D eigenvalue weighted by atomic mass is 10.0. The number of rotatable bonds is 7. The summed E-state index contributed by atoms with van der Waals surface area (Å²) >= 11 is 0. The Morgan fingerprint density at radius 3 is 2.67 bits per heavy atom. The summed E-state index contributed by atoms with van der Waals surface area (Å²) in [4.78, 5) is 14.9. The van der Waals surface area contributed by atoms with Crippen molar-refractivity contribution in [3.8, 4) is 28.5 Å². The summed E-state index contributed by atoms with van der Waals surface area (Å²) in [5.74, 6) is 1.20. The number of fused-ring (bicyclic) bond motifs is 2. The third kappa shape index (κ3) is 4.12. The quantitative estimate of drug-likeness (QED) is 0.382. The van der Waals surface area contributed by atoms with Crippen LogP contribution in [0.4, 0.5) is 4.39 Å². The molecule has 4 aromatic rings. The molecule has 4 heterocycles. The minimum Gasteiger partial charge on any atom is -0.488 e. The number of amides is 1. The van der Waals surface area contributed by atoms with Gasteiger partial charge >= 0.3 is 0 Å². The largest absolute Gasteiger partial charge is 0.488 e. The number of likely N-dealkylation sites (tertiary alicyclic amines) is 1. The number of ether oxygens (including phenoxy) is 2. The van der Waals surface area contributed by atoms with Crippen molar-refractivity contribution in [1.82, 2.24) is 25.6 Å². The Kier molecular flexibility index (Phi) is 5.90. The van der Waals surface area contributed by atoms with Gasteiger partial charge in [-0.25, -0.2) is 4.39 Å². The van der Waals surface area contributed by atoms with Gasteiger partial charge in [-0.15, -0.1) is 0 Å². The number of aromatic nitrogens is 3. The topological polar surface area (TPSA) is 106 Å². The van der Waals surface area contributed by atoms with E-state index in [4.69, 9.17) is 14.0 Å². The van der Waals surface area contributed by atoms with Gasteiger partial charge in [0.1, 0.15) is 18.0 Å². The minimum absolute atomic E-state index is 0.0624. The number of methoxy groups -OCH3 is 1. The van der Waals surface area contributed by atoms with Gasteiger partial charge < -0.3 is 24.2 Å². The number of carbonyl (C=O) groups is 1. The van der Waals surface area contributed by atoms with Gasteiger partial charge in [0.05, 0.1) is 12.1 Å². The zero-order valence-corrected chi connectivity index (χ0v) is 19.8. The average molecular weight is 492 g/mol. The van der Waals surface area contributed by atoms with Crippen LogP contribution >= 0.6 is 0 Å². The molecule has 0 radical (unpaired) electrons. The Hall–Kier alpha value is -3.76. The Labute approximate surface area is 206 Å². The maximum Gasteiger partial charge on any atom is 0.253 e. The smallest absolute Gasteiger partial charge is 0.253 e. The zero-order chi connectivity index (χ0) is 24.6. The van der Waals surface area contributed by atoms with Gasteiger partial charge in [0, 0.05) is 61.9 Å². The monoisotopic (exact) mass is 491 g/mol. The number of hydrogen-bond acceptors (Lipinski definition) is 7. The highest BCUT2D eigenvalue weighted by molar-refractivity contribution is 5.95. The molecule has 1 amide bonds. The molecule has 0 aliphatic carbocycles. The van der Waals surface area contributed by atoms with E-state index >= 15 is 0 Å². The lowest BCUT2D eigenvalue weighted by molar-refractivity contribution is 0.0781. The summed E-state index contributed by atoms with van der Waals surface area (Å²) in [5, 5.41) is 15.3. The van der Waals surface area contributed by atoms with Gasteiger partial charge in [-0.1, -0.05) is 17.3 Å². The second-order valence-electron chi connectivity index (χ2n) is 9.28. The van der Waals surface area contributed by atoms with Crippen molar-refractivity contribution in [2.45, 2.75) is 0 Å². The van der Waals surface area contributed by atoms with Gasteiger partial charge in [0.2, 0.25) is 0 Å². The second-order valence-corrected chi connectivity index (χ2v) is 9.28. The fourth-order valence-corrected chi connectivity index (χ4v) is 5.06. The van der Waals surface area contributed by atoms with E-state index in [1.54, 1.807) is 19.2 Å². The molecule has 2 aliphatic rings. The molecule has 0 saturated carbocycles. The van der Waals surface area contributed by atoms with Crippen LogP contribution in [0.3, 0.4) is 0 Å². The summed E-state index contributed by atoms with van der Waals surface area (Å²) in [6.07, 6.45) is 0. The van der Waals surface area contributed by atoms with E-state index in [0.717, 1.165) is 31.7 Å². The SMILES string of the molecule is COCCOc1cc2[nH]nc(-c3cc(-c4ccc(C(=O)N5C[C@H]6CNC[C@H]6C5)cc4)no3)c2cc1F. The standard InChI is InChI=1S/C26H26FN5O4/c1-34-6-7-35-23-10-22-19(8-20(23)27)25(30-29-22)24-9-21(31-36-24)15-2-4-16(5-3-15)26(33)32-13-17-11-28-12-18(17)14-32/h2-5,8-10,17-18,28H,6-7,11-14H2,1H3,(H,29,30)/t17-,18+. The highest BCUT2D eigenvalue weighted by Crippen LogP contribution is 2.33. The van der Waals surface area contributed by atoms with Crippen LogP contribution < -0.4 is 10.1 Å². The molecule has 6 rings (SSSR count). The number of hydrogen-bond donors (Lipinski definition) is 2. The number of halogens is 1. The van der Waals surface area contributed by atoms with Crippen LogP contribution in [0.15, 0.2) is 47.0 Å². The molecule has 10 heteroatoms. The predicted octanol–water partition coefficient (Wildman–Crippen LogP) is 3.34. The number of carbonyl (C=O) groups excluding carboxylic acids is 1. The zero-order valence-electron chi connectivity index (χ0n) is 19.8. The van der Waals surface area contributed by atoms with Crippen LogP contribution in [0, 0.1) is 17.7 Å². The molecule has 2 aromatic carbocycles. The molecule has 2 aliphatic heterocycles. The van der Waals surface area contributed by atoms with Crippen LogP contribution in [0.1, 0.15) is 10.4 Å². The molecule has 2 N–H and O–H groups in total. The number of benzene rings is 2. The molecule has 2 saturated heterocycles. The van der Waals surface area contributed by atoms with Gasteiger partial charge in [-0.3, -0.25) is 9.89 Å². The Bertz CT molecular complexity index is 1390. The molecule has 2 fully saturated rings. The van der Waals surface area contributed by atoms with Crippen LogP contribution in [0.2, 0.25) is 0 Å². The van der Waals surface area contributed by atoms with E-state index in [0.29, 0.717) is 52.1 Å². The summed E-state index contributed by atoms with van der Waals surface area (Å²) in [6, 6.07) is 12.0. The van der Waals surface area contributed by atoms with E-state index in [-0.39, 0.29) is 18.3 Å². The maximum atomic E-state index is 14.6. The molecule has 0 bridgehead atoms. The highest BCUT2D eigenvalue weighted by Gasteiger charge is 2.38. The van der Waals surface area contributed by atoms with Crippen LogP contribution in [-0.4, -0.2) is 72.7 Å². The number of nitrogens with one attached hydrogen (secondary N) is 2. The Morgan fingerprint density at radius 1 is 1.14 bits per heavy atom. The summed E-state index contributed by atoms with van der Waals surface area (Å²) in [7, 11) is 1.56. The average Bonchev–Trinajstić information content (AvgIpc) is 3.67. The highest BCUT2D eigenvalue weighted by atomic mass is 19.1. The Morgan fingerprint density at radius 2 is 1.92 bits per heavy atom. The lowest BCUT2D eigenvalue weighted by Crippen LogP contribution is -2.31. The normalized spacial score (nSPS) is 19.2. The number of nitrogens with zero attached hydrogens (tertiary/aromatic N) is 3. The molecule has 2 atom stereocenters. The van der Waals surface area contributed by atoms with Crippen molar-refractivity contribution < 1.29 is 23.2 Å². The van der Waals surface area contributed by atoms with Crippen molar-refractivity contribution in [2.75, 3.05) is 46.5 Å². The van der Waals surface area contributed by atoms with Crippen molar-refractivity contribution in [3.05, 3.63) is 53.8 Å². The predicted molar refractivity (Wildman–Crippen MR) is 130 cm³/mol. The first-order chi connectivity index (χ1) is 17.6. The van der Waals surface area contributed by atoms with Crippen molar-refractivity contribution in [1.29, 1.82) is 0 Å². The summed E-state index contributed by atoms with van der Waals surface area (Å²) in [6.45, 7) is 4.20. The Balaban J connectivity index is 1.19. The first kappa shape index (κ1) is 22.7. The third-order valence-electron chi connectivity index (χ3n) is 7.01. The summed E-state index contributed by atoms with van der Waals surface area (Å²) < 4.78 is 30.5. The molecular weight excluding hydrogens is 465 g/mol. The molecule has 186 valence electrons. The lowest BCUT2D eigenvalue weighted by Gasteiger charge is -2.17. The number of H-pyrrole nitrogens is 1. The first-order valence-electron chi connectivity index (χ1n) is 12.0.